The van der Waals surface area contributed by atoms with E-state index in [-0.39, 0.29) is 13.1 Å². The van der Waals surface area contributed by atoms with Crippen molar-refractivity contribution in [3.05, 3.63) is 41.5 Å². The lowest BCUT2D eigenvalue weighted by atomic mass is 10.2. The van der Waals surface area contributed by atoms with E-state index in [1.807, 2.05) is 19.9 Å². The van der Waals surface area contributed by atoms with Crippen LogP contribution in [0.1, 0.15) is 19.4 Å². The van der Waals surface area contributed by atoms with Crippen LogP contribution in [0.5, 0.6) is 0 Å². The van der Waals surface area contributed by atoms with Crippen molar-refractivity contribution in [3.8, 4) is 0 Å². The first kappa shape index (κ1) is 19.0. The third-order valence-electron chi connectivity index (χ3n) is 3.90. The van der Waals surface area contributed by atoms with E-state index in [1.165, 1.54) is 17.7 Å². The van der Waals surface area contributed by atoms with Gasteiger partial charge in [-0.3, -0.25) is 4.90 Å². The van der Waals surface area contributed by atoms with Gasteiger partial charge in [-0.1, -0.05) is 23.8 Å². The molecule has 0 N–H and O–H groups in total. The predicted octanol–water partition coefficient (Wildman–Crippen LogP) is 2.98. The molecule has 0 bridgehead atoms. The Hall–Kier alpha value is -1.38. The number of rotatable bonds is 4. The van der Waals surface area contributed by atoms with Crippen LogP contribution in [0.25, 0.3) is 0 Å². The molecule has 0 aliphatic carbocycles. The zero-order valence-corrected chi connectivity index (χ0v) is 14.5. The highest BCUT2D eigenvalue weighted by Crippen LogP contribution is 2.35. The molecule has 134 valence electrons. The van der Waals surface area contributed by atoms with Crippen LogP contribution < -0.4 is 0 Å². The molecule has 0 radical (unpaired) electrons. The molecule has 4 nitrogen and oxygen atoms in total. The van der Waals surface area contributed by atoms with Crippen molar-refractivity contribution < 1.29 is 21.6 Å². The Morgan fingerprint density at radius 2 is 1.71 bits per heavy atom. The molecule has 1 aliphatic rings. The Labute approximate surface area is 140 Å². The van der Waals surface area contributed by atoms with Gasteiger partial charge in [-0.05, 0) is 26.0 Å². The van der Waals surface area contributed by atoms with Gasteiger partial charge >= 0.3 is 6.18 Å². The normalized spacial score (nSPS) is 17.7. The van der Waals surface area contributed by atoms with Crippen molar-refractivity contribution in [3.63, 3.8) is 0 Å². The van der Waals surface area contributed by atoms with Crippen LogP contribution in [0, 0.1) is 0 Å². The van der Waals surface area contributed by atoms with Gasteiger partial charge in [-0.25, -0.2) is 8.42 Å². The van der Waals surface area contributed by atoms with E-state index in [1.54, 1.807) is 0 Å². The summed E-state index contributed by atoms with van der Waals surface area (Å²) in [6.45, 7) is 6.05. The maximum Gasteiger partial charge on any atom is 0.417 e. The lowest BCUT2D eigenvalue weighted by Crippen LogP contribution is -2.48. The summed E-state index contributed by atoms with van der Waals surface area (Å²) < 4.78 is 65.6. The summed E-state index contributed by atoms with van der Waals surface area (Å²) in [5.74, 6) is 0. The molecule has 1 aliphatic heterocycles. The molecule has 1 fully saturated rings. The van der Waals surface area contributed by atoms with Crippen LogP contribution >= 0.6 is 0 Å². The highest BCUT2D eigenvalue weighted by molar-refractivity contribution is 7.89. The van der Waals surface area contributed by atoms with Gasteiger partial charge in [-0.15, -0.1) is 0 Å². The average Bonchev–Trinajstić information content (AvgIpc) is 2.52. The van der Waals surface area contributed by atoms with Gasteiger partial charge in [0.05, 0.1) is 10.5 Å². The van der Waals surface area contributed by atoms with E-state index < -0.39 is 26.7 Å². The molecule has 0 unspecified atom stereocenters. The van der Waals surface area contributed by atoms with E-state index in [4.69, 9.17) is 0 Å². The first-order valence-corrected chi connectivity index (χ1v) is 9.08. The van der Waals surface area contributed by atoms with Crippen molar-refractivity contribution in [2.45, 2.75) is 24.9 Å². The minimum Gasteiger partial charge on any atom is -0.297 e. The molecule has 8 heteroatoms. The van der Waals surface area contributed by atoms with Crippen LogP contribution in [-0.4, -0.2) is 50.3 Å². The molecule has 1 saturated heterocycles. The van der Waals surface area contributed by atoms with Gasteiger partial charge < -0.3 is 0 Å². The lowest BCUT2D eigenvalue weighted by molar-refractivity contribution is -0.139. The molecule has 0 aromatic heterocycles. The minimum absolute atomic E-state index is 0.186. The van der Waals surface area contributed by atoms with Crippen molar-refractivity contribution in [2.24, 2.45) is 0 Å². The average molecular weight is 362 g/mol. The number of nitrogens with zero attached hydrogens (tertiary/aromatic N) is 2. The van der Waals surface area contributed by atoms with Crippen LogP contribution in [0.15, 0.2) is 40.8 Å². The third kappa shape index (κ3) is 4.37. The number of benzene rings is 1. The fourth-order valence-electron chi connectivity index (χ4n) is 2.53. The Bertz CT molecular complexity index is 702. The molecule has 1 aromatic carbocycles. The number of sulfonamides is 1. The molecule has 0 atom stereocenters. The fourth-order valence-corrected chi connectivity index (χ4v) is 4.16. The summed E-state index contributed by atoms with van der Waals surface area (Å²) in [4.78, 5) is 1.41. The zero-order valence-electron chi connectivity index (χ0n) is 13.7. The summed E-state index contributed by atoms with van der Waals surface area (Å²) in [6.07, 6.45) is -2.65. The highest BCUT2D eigenvalue weighted by atomic mass is 32.2. The van der Waals surface area contributed by atoms with Crippen LogP contribution in [0.4, 0.5) is 13.2 Å². The second-order valence-corrected chi connectivity index (χ2v) is 7.89. The maximum atomic E-state index is 13.1. The molecule has 0 spiro atoms. The number of piperazine rings is 1. The van der Waals surface area contributed by atoms with Crippen LogP contribution in [-0.2, 0) is 16.2 Å². The van der Waals surface area contributed by atoms with E-state index in [9.17, 15) is 21.6 Å². The van der Waals surface area contributed by atoms with Crippen molar-refractivity contribution >= 4 is 10.0 Å². The molecule has 2 rings (SSSR count). The Balaban J connectivity index is 2.18. The lowest BCUT2D eigenvalue weighted by Gasteiger charge is -2.33. The van der Waals surface area contributed by atoms with Gasteiger partial charge in [0.1, 0.15) is 0 Å². The van der Waals surface area contributed by atoms with Crippen LogP contribution in [0.2, 0.25) is 0 Å². The second kappa shape index (κ2) is 7.25. The number of alkyl halides is 3. The quantitative estimate of drug-likeness (QED) is 0.773. The molecule has 24 heavy (non-hydrogen) atoms. The predicted molar refractivity (Wildman–Crippen MR) is 86.1 cm³/mol. The summed E-state index contributed by atoms with van der Waals surface area (Å²) in [7, 11) is -4.16. The Kier molecular flexibility index (Phi) is 5.72. The van der Waals surface area contributed by atoms with E-state index in [0.717, 1.165) is 23.0 Å². The van der Waals surface area contributed by atoms with Gasteiger partial charge in [0, 0.05) is 32.7 Å². The number of halogens is 3. The monoisotopic (exact) mass is 362 g/mol. The van der Waals surface area contributed by atoms with E-state index in [0.29, 0.717) is 13.1 Å². The number of allylic oxidation sites excluding steroid dienone is 1. The first-order chi connectivity index (χ1) is 11.1. The Morgan fingerprint density at radius 3 is 2.25 bits per heavy atom. The second-order valence-electron chi connectivity index (χ2n) is 5.98. The smallest absolute Gasteiger partial charge is 0.297 e. The minimum atomic E-state index is -4.70. The van der Waals surface area contributed by atoms with Gasteiger partial charge in [0.2, 0.25) is 10.0 Å². The largest absolute Gasteiger partial charge is 0.417 e. The number of hydrogen-bond donors (Lipinski definition) is 0. The SMILES string of the molecule is CC(C)=CCN1CCN(S(=O)(=O)c2ccccc2C(F)(F)F)CC1. The topological polar surface area (TPSA) is 40.6 Å². The summed E-state index contributed by atoms with van der Waals surface area (Å²) in [5, 5.41) is 0. The molecule has 0 saturated carbocycles. The Morgan fingerprint density at radius 1 is 1.12 bits per heavy atom. The first-order valence-electron chi connectivity index (χ1n) is 7.64. The highest BCUT2D eigenvalue weighted by Gasteiger charge is 2.39. The summed E-state index contributed by atoms with van der Waals surface area (Å²) in [6, 6.07) is 4.33. The number of hydrogen-bond acceptors (Lipinski definition) is 3. The molecular formula is C16H21F3N2O2S. The van der Waals surface area contributed by atoms with Gasteiger partial charge in [0.25, 0.3) is 0 Å². The summed E-state index contributed by atoms with van der Waals surface area (Å²) in [5.41, 5.74) is 0.0566. The fraction of sp³-hybridized carbons (Fsp3) is 0.500. The summed E-state index contributed by atoms with van der Waals surface area (Å²) >= 11 is 0. The maximum absolute atomic E-state index is 13.1. The third-order valence-corrected chi connectivity index (χ3v) is 5.86. The van der Waals surface area contributed by atoms with Gasteiger partial charge in [-0.2, -0.15) is 17.5 Å². The molecule has 0 amide bonds. The van der Waals surface area contributed by atoms with E-state index in [2.05, 4.69) is 4.90 Å². The van der Waals surface area contributed by atoms with Crippen molar-refractivity contribution in [2.75, 3.05) is 32.7 Å². The van der Waals surface area contributed by atoms with E-state index >= 15 is 0 Å². The van der Waals surface area contributed by atoms with Crippen molar-refractivity contribution in [1.29, 1.82) is 0 Å². The molecule has 1 heterocycles. The standard InChI is InChI=1S/C16H21F3N2O2S/c1-13(2)7-8-20-9-11-21(12-10-20)24(22,23)15-6-4-3-5-14(15)16(17,18)19/h3-7H,8-12H2,1-2H3. The van der Waals surface area contributed by atoms with Crippen molar-refractivity contribution in [1.82, 2.24) is 9.21 Å². The van der Waals surface area contributed by atoms with Crippen LogP contribution in [0.3, 0.4) is 0 Å². The van der Waals surface area contributed by atoms with Gasteiger partial charge in [0.15, 0.2) is 0 Å². The molecule has 1 aromatic rings. The zero-order chi connectivity index (χ0) is 18.0. The molecular weight excluding hydrogens is 341 g/mol.